The van der Waals surface area contributed by atoms with Crippen LogP contribution < -0.4 is 19.5 Å². The second-order valence-corrected chi connectivity index (χ2v) is 5.53. The summed E-state index contributed by atoms with van der Waals surface area (Å²) in [5.41, 5.74) is 1.71. The first kappa shape index (κ1) is 18.2. The molecule has 0 saturated carbocycles. The number of ether oxygens (including phenoxy) is 3. The van der Waals surface area contributed by atoms with Crippen molar-refractivity contribution in [2.75, 3.05) is 21.3 Å². The Morgan fingerprint density at radius 1 is 1.11 bits per heavy atom. The standard InChI is InChI=1S/C19H19N3O5/c1-24-16-7-12(8-17(25-2)18(16)26-3)10-21-19(23)14-9-15(27-22-14)13-5-4-6-20-11-13/h4-9,11H,10H2,1-3H3,(H,21,23). The highest BCUT2D eigenvalue weighted by Crippen LogP contribution is 2.38. The van der Waals surface area contributed by atoms with Crippen molar-refractivity contribution in [2.45, 2.75) is 6.54 Å². The third-order valence-electron chi connectivity index (χ3n) is 3.87. The van der Waals surface area contributed by atoms with Crippen molar-refractivity contribution in [2.24, 2.45) is 0 Å². The van der Waals surface area contributed by atoms with Crippen molar-refractivity contribution in [3.8, 4) is 28.6 Å². The minimum atomic E-state index is -0.359. The van der Waals surface area contributed by atoms with Crippen molar-refractivity contribution in [1.29, 1.82) is 0 Å². The number of amides is 1. The third kappa shape index (κ3) is 4.00. The Bertz CT molecular complexity index is 899. The van der Waals surface area contributed by atoms with E-state index in [9.17, 15) is 4.79 Å². The summed E-state index contributed by atoms with van der Waals surface area (Å²) in [6.45, 7) is 0.255. The number of hydrogen-bond donors (Lipinski definition) is 1. The van der Waals surface area contributed by atoms with E-state index in [4.69, 9.17) is 18.7 Å². The Morgan fingerprint density at radius 2 is 1.85 bits per heavy atom. The quantitative estimate of drug-likeness (QED) is 0.684. The molecule has 0 bridgehead atoms. The summed E-state index contributed by atoms with van der Waals surface area (Å²) in [7, 11) is 4.61. The molecule has 8 heteroatoms. The van der Waals surface area contributed by atoms with Crippen LogP contribution in [0.25, 0.3) is 11.3 Å². The Hall–Kier alpha value is -3.55. The molecule has 1 amide bonds. The van der Waals surface area contributed by atoms with Gasteiger partial charge in [-0.1, -0.05) is 5.16 Å². The van der Waals surface area contributed by atoms with E-state index >= 15 is 0 Å². The van der Waals surface area contributed by atoms with Gasteiger partial charge in [-0.2, -0.15) is 0 Å². The highest BCUT2D eigenvalue weighted by atomic mass is 16.5. The molecule has 0 aliphatic carbocycles. The van der Waals surface area contributed by atoms with Crippen LogP contribution in [0.2, 0.25) is 0 Å². The monoisotopic (exact) mass is 369 g/mol. The molecule has 140 valence electrons. The number of rotatable bonds is 7. The van der Waals surface area contributed by atoms with E-state index in [-0.39, 0.29) is 18.1 Å². The Morgan fingerprint density at radius 3 is 2.44 bits per heavy atom. The van der Waals surface area contributed by atoms with Gasteiger partial charge in [0.05, 0.1) is 21.3 Å². The molecule has 1 aromatic carbocycles. The highest BCUT2D eigenvalue weighted by Gasteiger charge is 2.16. The van der Waals surface area contributed by atoms with Gasteiger partial charge < -0.3 is 24.1 Å². The molecule has 8 nitrogen and oxygen atoms in total. The molecule has 0 aliphatic rings. The number of carbonyl (C=O) groups excluding carboxylic acids is 1. The summed E-state index contributed by atoms with van der Waals surface area (Å²) in [6, 6.07) is 8.71. The van der Waals surface area contributed by atoms with Crippen molar-refractivity contribution in [1.82, 2.24) is 15.5 Å². The molecule has 0 saturated heterocycles. The first-order valence-corrected chi connectivity index (χ1v) is 8.10. The van der Waals surface area contributed by atoms with Crippen LogP contribution in [0.15, 0.2) is 47.2 Å². The van der Waals surface area contributed by atoms with E-state index in [1.165, 1.54) is 21.3 Å². The fraction of sp³-hybridized carbons (Fsp3) is 0.211. The minimum Gasteiger partial charge on any atom is -0.493 e. The first-order valence-electron chi connectivity index (χ1n) is 8.10. The van der Waals surface area contributed by atoms with Crippen LogP contribution >= 0.6 is 0 Å². The number of pyridine rings is 1. The maximum Gasteiger partial charge on any atom is 0.273 e. The SMILES string of the molecule is COc1cc(CNC(=O)c2cc(-c3cccnc3)on2)cc(OC)c1OC. The van der Waals surface area contributed by atoms with Gasteiger partial charge in [-0.05, 0) is 29.8 Å². The van der Waals surface area contributed by atoms with Gasteiger partial charge in [-0.3, -0.25) is 9.78 Å². The van der Waals surface area contributed by atoms with Crippen LogP contribution in [0.3, 0.4) is 0 Å². The number of carbonyl (C=O) groups is 1. The zero-order valence-corrected chi connectivity index (χ0v) is 15.2. The molecular weight excluding hydrogens is 350 g/mol. The van der Waals surface area contributed by atoms with Crippen LogP contribution in [0.1, 0.15) is 16.1 Å². The Kier molecular flexibility index (Phi) is 5.55. The highest BCUT2D eigenvalue weighted by molar-refractivity contribution is 5.93. The Balaban J connectivity index is 1.72. The largest absolute Gasteiger partial charge is 0.493 e. The smallest absolute Gasteiger partial charge is 0.273 e. The lowest BCUT2D eigenvalue weighted by Crippen LogP contribution is -2.23. The molecule has 27 heavy (non-hydrogen) atoms. The molecule has 3 rings (SSSR count). The number of nitrogens with one attached hydrogen (secondary N) is 1. The van der Waals surface area contributed by atoms with Gasteiger partial charge >= 0.3 is 0 Å². The molecule has 0 unspecified atom stereocenters. The van der Waals surface area contributed by atoms with E-state index < -0.39 is 0 Å². The van der Waals surface area contributed by atoms with E-state index in [2.05, 4.69) is 15.5 Å². The van der Waals surface area contributed by atoms with Gasteiger partial charge in [0.25, 0.3) is 5.91 Å². The summed E-state index contributed by atoms with van der Waals surface area (Å²) >= 11 is 0. The van der Waals surface area contributed by atoms with Crippen molar-refractivity contribution >= 4 is 5.91 Å². The average Bonchev–Trinajstić information content (AvgIpc) is 3.22. The number of methoxy groups -OCH3 is 3. The normalized spacial score (nSPS) is 10.3. The zero-order chi connectivity index (χ0) is 19.2. The Labute approximate surface area is 156 Å². The summed E-state index contributed by atoms with van der Waals surface area (Å²) in [4.78, 5) is 16.4. The first-order chi connectivity index (χ1) is 13.2. The molecule has 3 aromatic rings. The molecule has 0 fully saturated rings. The second kappa shape index (κ2) is 8.22. The lowest BCUT2D eigenvalue weighted by molar-refractivity contribution is 0.0942. The van der Waals surface area contributed by atoms with Crippen molar-refractivity contribution < 1.29 is 23.5 Å². The van der Waals surface area contributed by atoms with Gasteiger partial charge in [-0.15, -0.1) is 0 Å². The lowest BCUT2D eigenvalue weighted by Gasteiger charge is -2.14. The van der Waals surface area contributed by atoms with Crippen LogP contribution in [0.5, 0.6) is 17.2 Å². The molecule has 0 aliphatic heterocycles. The van der Waals surface area contributed by atoms with Crippen LogP contribution in [-0.2, 0) is 6.54 Å². The molecule has 2 heterocycles. The molecule has 2 aromatic heterocycles. The summed E-state index contributed by atoms with van der Waals surface area (Å²) in [5, 5.41) is 6.61. The predicted molar refractivity (Wildman–Crippen MR) is 97.0 cm³/mol. The van der Waals surface area contributed by atoms with E-state index in [1.54, 1.807) is 36.7 Å². The molecule has 0 atom stereocenters. The second-order valence-electron chi connectivity index (χ2n) is 5.53. The van der Waals surface area contributed by atoms with Crippen molar-refractivity contribution in [3.05, 3.63) is 54.0 Å². The number of aromatic nitrogens is 2. The van der Waals surface area contributed by atoms with Crippen LogP contribution in [0, 0.1) is 0 Å². The van der Waals surface area contributed by atoms with Gasteiger partial charge in [-0.25, -0.2) is 0 Å². The maximum atomic E-state index is 12.4. The van der Waals surface area contributed by atoms with Gasteiger partial charge in [0.1, 0.15) is 0 Å². The number of benzene rings is 1. The van der Waals surface area contributed by atoms with Gasteiger partial charge in [0.2, 0.25) is 5.75 Å². The fourth-order valence-corrected chi connectivity index (χ4v) is 2.54. The van der Waals surface area contributed by atoms with Gasteiger partial charge in [0.15, 0.2) is 23.0 Å². The number of nitrogens with zero attached hydrogens (tertiary/aromatic N) is 2. The van der Waals surface area contributed by atoms with E-state index in [0.29, 0.717) is 23.0 Å². The van der Waals surface area contributed by atoms with Crippen LogP contribution in [-0.4, -0.2) is 37.4 Å². The van der Waals surface area contributed by atoms with Crippen molar-refractivity contribution in [3.63, 3.8) is 0 Å². The summed E-state index contributed by atoms with van der Waals surface area (Å²) in [5.74, 6) is 1.64. The molecule has 0 radical (unpaired) electrons. The average molecular weight is 369 g/mol. The maximum absolute atomic E-state index is 12.4. The van der Waals surface area contributed by atoms with E-state index in [1.807, 2.05) is 6.07 Å². The zero-order valence-electron chi connectivity index (χ0n) is 15.2. The summed E-state index contributed by atoms with van der Waals surface area (Å²) in [6.07, 6.45) is 3.29. The fourth-order valence-electron chi connectivity index (χ4n) is 2.54. The lowest BCUT2D eigenvalue weighted by atomic mass is 10.1. The molecule has 0 spiro atoms. The topological polar surface area (TPSA) is 95.7 Å². The minimum absolute atomic E-state index is 0.182. The number of hydrogen-bond acceptors (Lipinski definition) is 7. The molecular formula is C19H19N3O5. The van der Waals surface area contributed by atoms with Crippen LogP contribution in [0.4, 0.5) is 0 Å². The predicted octanol–water partition coefficient (Wildman–Crippen LogP) is 2.69. The van der Waals surface area contributed by atoms with E-state index in [0.717, 1.165) is 11.1 Å². The third-order valence-corrected chi connectivity index (χ3v) is 3.87. The summed E-state index contributed by atoms with van der Waals surface area (Å²) < 4.78 is 21.1. The van der Waals surface area contributed by atoms with Gasteiger partial charge in [0, 0.05) is 30.6 Å². The molecule has 1 N–H and O–H groups in total.